The molecule has 0 unspecified atom stereocenters. The minimum Gasteiger partial charge on any atom is -0.325 e. The van der Waals surface area contributed by atoms with Gasteiger partial charge in [0.2, 0.25) is 21.8 Å². The van der Waals surface area contributed by atoms with E-state index in [1.807, 2.05) is 25.1 Å². The molecule has 7 nitrogen and oxygen atoms in total. The van der Waals surface area contributed by atoms with Gasteiger partial charge in [-0.25, -0.2) is 8.42 Å². The molecule has 4 rings (SSSR count). The Bertz CT molecular complexity index is 1240. The number of sulfonamides is 1. The number of rotatable bonds is 5. The third-order valence-corrected chi connectivity index (χ3v) is 9.70. The van der Waals surface area contributed by atoms with E-state index in [0.717, 1.165) is 28.8 Å². The summed E-state index contributed by atoms with van der Waals surface area (Å²) >= 11 is 3.43. The van der Waals surface area contributed by atoms with Gasteiger partial charge in [0, 0.05) is 48.3 Å². The lowest BCUT2D eigenvalue weighted by Gasteiger charge is -2.31. The van der Waals surface area contributed by atoms with Crippen LogP contribution in [0.3, 0.4) is 0 Å². The minimum absolute atomic E-state index is 0.0585. The van der Waals surface area contributed by atoms with E-state index in [9.17, 15) is 18.0 Å². The van der Waals surface area contributed by atoms with Gasteiger partial charge in [-0.3, -0.25) is 9.59 Å². The Hall–Kier alpha value is -2.23. The van der Waals surface area contributed by atoms with Gasteiger partial charge in [0.1, 0.15) is 0 Å². The molecule has 1 fully saturated rings. The molecule has 1 N–H and O–H groups in total. The fourth-order valence-electron chi connectivity index (χ4n) is 4.84. The Morgan fingerprint density at radius 2 is 1.85 bits per heavy atom. The van der Waals surface area contributed by atoms with Crippen molar-refractivity contribution in [2.24, 2.45) is 5.92 Å². The number of amides is 2. The first-order valence-corrected chi connectivity index (χ1v) is 13.9. The van der Waals surface area contributed by atoms with Crippen LogP contribution in [0.2, 0.25) is 0 Å². The highest BCUT2D eigenvalue weighted by Gasteiger charge is 2.35. The molecule has 0 atom stereocenters. The molecule has 0 saturated carbocycles. The van der Waals surface area contributed by atoms with E-state index in [1.54, 1.807) is 17.0 Å². The van der Waals surface area contributed by atoms with Crippen LogP contribution in [0.15, 0.2) is 39.7 Å². The monoisotopic (exact) mass is 547 g/mol. The van der Waals surface area contributed by atoms with Crippen LogP contribution in [-0.4, -0.2) is 44.2 Å². The van der Waals surface area contributed by atoms with Gasteiger partial charge in [-0.15, -0.1) is 0 Å². The zero-order valence-corrected chi connectivity index (χ0v) is 22.1. The number of fused-ring (bicyclic) bond motifs is 1. The quantitative estimate of drug-likeness (QED) is 0.605. The summed E-state index contributed by atoms with van der Waals surface area (Å²) in [4.78, 5) is 26.7. The molecule has 0 bridgehead atoms. The maximum absolute atomic E-state index is 13.5. The second-order valence-corrected chi connectivity index (χ2v) is 11.7. The Labute approximate surface area is 209 Å². The molecule has 2 aromatic rings. The zero-order chi connectivity index (χ0) is 24.6. The van der Waals surface area contributed by atoms with Crippen molar-refractivity contribution in [2.45, 2.75) is 51.3 Å². The summed E-state index contributed by atoms with van der Waals surface area (Å²) in [6.45, 7) is 6.62. The summed E-state index contributed by atoms with van der Waals surface area (Å²) in [5.74, 6) is -0.402. The predicted molar refractivity (Wildman–Crippen MR) is 137 cm³/mol. The first kappa shape index (κ1) is 24.9. The lowest BCUT2D eigenvalue weighted by atomic mass is 9.96. The number of carbonyl (C=O) groups is 2. The second kappa shape index (κ2) is 9.79. The van der Waals surface area contributed by atoms with E-state index < -0.39 is 10.0 Å². The number of carbonyl (C=O) groups excluding carboxylic acids is 2. The summed E-state index contributed by atoms with van der Waals surface area (Å²) in [5.41, 5.74) is 4.60. The molecular weight excluding hydrogens is 518 g/mol. The molecule has 0 spiro atoms. The highest BCUT2D eigenvalue weighted by atomic mass is 79.9. The minimum atomic E-state index is -3.77. The van der Waals surface area contributed by atoms with Crippen molar-refractivity contribution >= 4 is 49.1 Å². The normalized spacial score (nSPS) is 17.0. The van der Waals surface area contributed by atoms with Crippen LogP contribution < -0.4 is 10.2 Å². The van der Waals surface area contributed by atoms with Crippen molar-refractivity contribution in [1.82, 2.24) is 4.31 Å². The SMILES string of the molecule is CCc1cccc(C)c1NC(=O)C1CCN(S(=O)(=O)c2cc3c(cc2Br)CCN3C(C)=O)CC1. The van der Waals surface area contributed by atoms with Crippen LogP contribution in [0.5, 0.6) is 0 Å². The number of nitrogens with zero attached hydrogens (tertiary/aromatic N) is 2. The van der Waals surface area contributed by atoms with Crippen LogP contribution >= 0.6 is 15.9 Å². The van der Waals surface area contributed by atoms with Crippen molar-refractivity contribution in [3.05, 3.63) is 51.5 Å². The van der Waals surface area contributed by atoms with Gasteiger partial charge in [-0.05, 0) is 77.4 Å². The van der Waals surface area contributed by atoms with Crippen molar-refractivity contribution in [2.75, 3.05) is 29.9 Å². The maximum atomic E-state index is 13.5. The largest absolute Gasteiger partial charge is 0.325 e. The first-order valence-electron chi connectivity index (χ1n) is 11.6. The molecule has 0 radical (unpaired) electrons. The number of piperidine rings is 1. The topological polar surface area (TPSA) is 86.8 Å². The molecule has 34 heavy (non-hydrogen) atoms. The average molecular weight is 549 g/mol. The number of hydrogen-bond donors (Lipinski definition) is 1. The standard InChI is InChI=1S/C25H30BrN3O4S/c1-4-18-7-5-6-16(2)24(18)27-25(31)19-8-11-28(12-9-19)34(32,33)23-15-22-20(14-21(23)26)10-13-29(22)17(3)30/h5-7,14-15,19H,4,8-13H2,1-3H3,(H,27,31). The molecule has 2 amide bonds. The second-order valence-electron chi connectivity index (χ2n) is 8.96. The van der Waals surface area contributed by atoms with E-state index in [-0.39, 0.29) is 35.7 Å². The van der Waals surface area contributed by atoms with Crippen LogP contribution in [0.25, 0.3) is 0 Å². The molecular formula is C25H30BrN3O4S. The Balaban J connectivity index is 1.48. The highest BCUT2D eigenvalue weighted by Crippen LogP contribution is 2.37. The molecule has 2 heterocycles. The number of hydrogen-bond acceptors (Lipinski definition) is 4. The van der Waals surface area contributed by atoms with Gasteiger partial charge in [-0.2, -0.15) is 4.31 Å². The van der Waals surface area contributed by atoms with Crippen LogP contribution in [-0.2, 0) is 32.5 Å². The highest BCUT2D eigenvalue weighted by molar-refractivity contribution is 9.10. The van der Waals surface area contributed by atoms with Gasteiger partial charge in [0.05, 0.1) is 4.90 Å². The third-order valence-electron chi connectivity index (χ3n) is 6.84. The molecule has 182 valence electrons. The average Bonchev–Trinajstić information content (AvgIpc) is 3.22. The number of anilines is 2. The van der Waals surface area contributed by atoms with E-state index in [2.05, 4.69) is 28.2 Å². The number of para-hydroxylation sites is 1. The molecule has 2 aliphatic rings. The van der Waals surface area contributed by atoms with E-state index in [1.165, 1.54) is 11.2 Å². The van der Waals surface area contributed by atoms with E-state index in [4.69, 9.17) is 0 Å². The Kier molecular flexibility index (Phi) is 7.17. The first-order chi connectivity index (χ1) is 16.1. The summed E-state index contributed by atoms with van der Waals surface area (Å²) < 4.78 is 28.9. The Morgan fingerprint density at radius 3 is 2.50 bits per heavy atom. The summed E-state index contributed by atoms with van der Waals surface area (Å²) in [6.07, 6.45) is 2.45. The smallest absolute Gasteiger partial charge is 0.244 e. The lowest BCUT2D eigenvalue weighted by molar-refractivity contribution is -0.121. The van der Waals surface area contributed by atoms with Crippen molar-refractivity contribution in [3.8, 4) is 0 Å². The van der Waals surface area contributed by atoms with Gasteiger partial charge in [-0.1, -0.05) is 25.1 Å². The predicted octanol–water partition coefficient (Wildman–Crippen LogP) is 4.27. The lowest BCUT2D eigenvalue weighted by Crippen LogP contribution is -2.41. The molecule has 2 aliphatic heterocycles. The van der Waals surface area contributed by atoms with Gasteiger partial charge in [0.15, 0.2) is 0 Å². The van der Waals surface area contributed by atoms with Crippen molar-refractivity contribution in [1.29, 1.82) is 0 Å². The van der Waals surface area contributed by atoms with Crippen LogP contribution in [0, 0.1) is 12.8 Å². The number of nitrogens with one attached hydrogen (secondary N) is 1. The molecule has 1 saturated heterocycles. The van der Waals surface area contributed by atoms with Gasteiger partial charge < -0.3 is 10.2 Å². The van der Waals surface area contributed by atoms with Crippen LogP contribution in [0.4, 0.5) is 11.4 Å². The van der Waals surface area contributed by atoms with Crippen molar-refractivity contribution < 1.29 is 18.0 Å². The maximum Gasteiger partial charge on any atom is 0.244 e. The molecule has 2 aromatic carbocycles. The molecule has 9 heteroatoms. The molecule has 0 aliphatic carbocycles. The Morgan fingerprint density at radius 1 is 1.15 bits per heavy atom. The number of aryl methyl sites for hydroxylation is 2. The summed E-state index contributed by atoms with van der Waals surface area (Å²) in [5, 5.41) is 3.09. The summed E-state index contributed by atoms with van der Waals surface area (Å²) in [7, 11) is -3.77. The number of halogens is 1. The molecule has 0 aromatic heterocycles. The summed E-state index contributed by atoms with van der Waals surface area (Å²) in [6, 6.07) is 9.39. The van der Waals surface area contributed by atoms with Gasteiger partial charge in [0.25, 0.3) is 0 Å². The van der Waals surface area contributed by atoms with E-state index in [0.29, 0.717) is 36.0 Å². The van der Waals surface area contributed by atoms with E-state index >= 15 is 0 Å². The third kappa shape index (κ3) is 4.65. The fourth-order valence-corrected chi connectivity index (χ4v) is 7.38. The van der Waals surface area contributed by atoms with Crippen molar-refractivity contribution in [3.63, 3.8) is 0 Å². The zero-order valence-electron chi connectivity index (χ0n) is 19.7. The fraction of sp³-hybridized carbons (Fsp3) is 0.440. The van der Waals surface area contributed by atoms with Crippen LogP contribution in [0.1, 0.15) is 43.4 Å². The van der Waals surface area contributed by atoms with Gasteiger partial charge >= 0.3 is 0 Å². The number of benzene rings is 2.